The van der Waals surface area contributed by atoms with Gasteiger partial charge < -0.3 is 4.74 Å². The van der Waals surface area contributed by atoms with Gasteiger partial charge in [0.05, 0.1) is 17.6 Å². The van der Waals surface area contributed by atoms with E-state index in [1.807, 2.05) is 0 Å². The van der Waals surface area contributed by atoms with Crippen LogP contribution in [0.5, 0.6) is 0 Å². The summed E-state index contributed by atoms with van der Waals surface area (Å²) in [6, 6.07) is 5.64. The van der Waals surface area contributed by atoms with Gasteiger partial charge in [0.2, 0.25) is 10.0 Å². The Bertz CT molecular complexity index is 993. The van der Waals surface area contributed by atoms with E-state index in [0.29, 0.717) is 19.5 Å². The molecule has 3 rings (SSSR count). The minimum absolute atomic E-state index is 0.0139. The summed E-state index contributed by atoms with van der Waals surface area (Å²) in [5.41, 5.74) is 0.0221. The Morgan fingerprint density at radius 3 is 2.89 bits per heavy atom. The van der Waals surface area contributed by atoms with Gasteiger partial charge in [-0.15, -0.1) is 0 Å². The normalized spacial score (nSPS) is 14.0. The van der Waals surface area contributed by atoms with Gasteiger partial charge in [-0.1, -0.05) is 6.07 Å². The topological polar surface area (TPSA) is 112 Å². The maximum absolute atomic E-state index is 12.4. The zero-order valence-electron chi connectivity index (χ0n) is 15.1. The summed E-state index contributed by atoms with van der Waals surface area (Å²) in [5, 5.41) is 4.32. The van der Waals surface area contributed by atoms with Crippen molar-refractivity contribution in [3.8, 4) is 0 Å². The molecule has 1 aromatic heterocycles. The quantitative estimate of drug-likeness (QED) is 0.542. The van der Waals surface area contributed by atoms with Gasteiger partial charge in [-0.05, 0) is 37.5 Å². The number of fused-ring (bicyclic) bond motifs is 1. The lowest BCUT2D eigenvalue weighted by Gasteiger charge is -2.09. The van der Waals surface area contributed by atoms with Gasteiger partial charge in [0.25, 0.3) is 0 Å². The van der Waals surface area contributed by atoms with Crippen molar-refractivity contribution in [3.05, 3.63) is 46.1 Å². The molecule has 0 aliphatic carbocycles. The minimum atomic E-state index is -3.76. The van der Waals surface area contributed by atoms with E-state index in [1.54, 1.807) is 4.57 Å². The number of nitrogens with one attached hydrogen (secondary N) is 1. The highest BCUT2D eigenvalue weighted by molar-refractivity contribution is 7.89. The number of nitrogens with zero attached hydrogens (tertiary/aromatic N) is 3. The van der Waals surface area contributed by atoms with Crippen molar-refractivity contribution < 1.29 is 17.9 Å². The molecule has 0 unspecified atom stereocenters. The Hall–Kier alpha value is -2.46. The summed E-state index contributed by atoms with van der Waals surface area (Å²) < 4.78 is 34.9. The van der Waals surface area contributed by atoms with Crippen LogP contribution in [0.15, 0.2) is 34.0 Å². The number of hydrogen-bond acceptors (Lipinski definition) is 6. The van der Waals surface area contributed by atoms with Crippen molar-refractivity contribution >= 4 is 16.0 Å². The molecule has 10 heteroatoms. The van der Waals surface area contributed by atoms with E-state index < -0.39 is 16.0 Å². The van der Waals surface area contributed by atoms with Gasteiger partial charge in [-0.25, -0.2) is 27.4 Å². The molecular weight excluding hydrogens is 372 g/mol. The number of benzene rings is 1. The summed E-state index contributed by atoms with van der Waals surface area (Å²) >= 11 is 0. The molecule has 0 saturated carbocycles. The number of carbonyl (C=O) groups is 1. The lowest BCUT2D eigenvalue weighted by Crippen LogP contribution is -2.29. The first-order chi connectivity index (χ1) is 12.9. The van der Waals surface area contributed by atoms with Crippen LogP contribution in [0.25, 0.3) is 0 Å². The molecule has 9 nitrogen and oxygen atoms in total. The molecule has 1 aliphatic rings. The van der Waals surface area contributed by atoms with E-state index >= 15 is 0 Å². The second kappa shape index (κ2) is 8.05. The molecule has 0 amide bonds. The molecule has 2 aromatic rings. The molecule has 27 heavy (non-hydrogen) atoms. The Morgan fingerprint density at radius 2 is 2.15 bits per heavy atom. The summed E-state index contributed by atoms with van der Waals surface area (Å²) in [5.74, 6) is 0.196. The highest BCUT2D eigenvalue weighted by atomic mass is 32.2. The van der Waals surface area contributed by atoms with Gasteiger partial charge in [0.15, 0.2) is 0 Å². The predicted octanol–water partition coefficient (Wildman–Crippen LogP) is 0.536. The Balaban J connectivity index is 1.59. The fraction of sp³-hybridized carbons (Fsp3) is 0.471. The van der Waals surface area contributed by atoms with Gasteiger partial charge in [-0.3, -0.25) is 4.57 Å². The lowest BCUT2D eigenvalue weighted by molar-refractivity contribution is 0.0600. The molecule has 0 fully saturated rings. The maximum atomic E-state index is 12.4. The zero-order chi connectivity index (χ0) is 19.4. The first-order valence-corrected chi connectivity index (χ1v) is 10.3. The largest absolute Gasteiger partial charge is 0.465 e. The van der Waals surface area contributed by atoms with Crippen LogP contribution >= 0.6 is 0 Å². The second-order valence-electron chi connectivity index (χ2n) is 6.30. The number of aromatic nitrogens is 3. The summed E-state index contributed by atoms with van der Waals surface area (Å²) in [6.45, 7) is 1.18. The monoisotopic (exact) mass is 394 g/mol. The molecule has 0 spiro atoms. The number of methoxy groups -OCH3 is 1. The standard InChI is InChI=1S/C17H22N4O5S/c1-26-16(22)13-6-4-7-14(12-13)27(24,25)18-9-5-11-21-17(23)20-10-3-2-8-15(20)19-21/h4,6-7,12,18H,2-3,5,8-11H2,1H3. The van der Waals surface area contributed by atoms with E-state index in [4.69, 9.17) is 0 Å². The first kappa shape index (κ1) is 19.3. The third-order valence-electron chi connectivity index (χ3n) is 4.44. The van der Waals surface area contributed by atoms with Crippen LogP contribution < -0.4 is 10.4 Å². The van der Waals surface area contributed by atoms with Crippen molar-refractivity contribution in [3.63, 3.8) is 0 Å². The smallest absolute Gasteiger partial charge is 0.345 e. The average molecular weight is 394 g/mol. The SMILES string of the molecule is COC(=O)c1cccc(S(=O)(=O)NCCCn2nc3n(c2=O)CCCC3)c1. The third-order valence-corrected chi connectivity index (χ3v) is 5.89. The molecule has 0 bridgehead atoms. The van der Waals surface area contributed by atoms with E-state index in [-0.39, 0.29) is 22.7 Å². The summed E-state index contributed by atoms with van der Waals surface area (Å²) in [6.07, 6.45) is 3.22. The van der Waals surface area contributed by atoms with Crippen LogP contribution in [0.3, 0.4) is 0 Å². The summed E-state index contributed by atoms with van der Waals surface area (Å²) in [7, 11) is -2.53. The van der Waals surface area contributed by atoms with E-state index in [0.717, 1.165) is 25.1 Å². The number of carbonyl (C=O) groups excluding carboxylic acids is 1. The maximum Gasteiger partial charge on any atom is 0.345 e. The van der Waals surface area contributed by atoms with Crippen molar-refractivity contribution in [2.24, 2.45) is 0 Å². The predicted molar refractivity (Wildman–Crippen MR) is 97.0 cm³/mol. The van der Waals surface area contributed by atoms with E-state index in [9.17, 15) is 18.0 Å². The molecule has 1 N–H and O–H groups in total. The zero-order valence-corrected chi connectivity index (χ0v) is 15.9. The van der Waals surface area contributed by atoms with Crippen molar-refractivity contribution in [1.82, 2.24) is 19.1 Å². The number of sulfonamides is 1. The highest BCUT2D eigenvalue weighted by Crippen LogP contribution is 2.12. The second-order valence-corrected chi connectivity index (χ2v) is 8.07. The molecule has 2 heterocycles. The third kappa shape index (κ3) is 4.28. The van der Waals surface area contributed by atoms with Crippen LogP contribution in [0.4, 0.5) is 0 Å². The average Bonchev–Trinajstić information content (AvgIpc) is 3.01. The fourth-order valence-corrected chi connectivity index (χ4v) is 4.14. The van der Waals surface area contributed by atoms with Crippen LogP contribution in [-0.2, 0) is 34.3 Å². The first-order valence-electron chi connectivity index (χ1n) is 8.77. The lowest BCUT2D eigenvalue weighted by atomic mass is 10.2. The van der Waals surface area contributed by atoms with Crippen LogP contribution in [-0.4, -0.2) is 42.4 Å². The number of hydrogen-bond donors (Lipinski definition) is 1. The van der Waals surface area contributed by atoms with Crippen LogP contribution in [0, 0.1) is 0 Å². The molecule has 1 aromatic carbocycles. The van der Waals surface area contributed by atoms with Crippen molar-refractivity contribution in [2.75, 3.05) is 13.7 Å². The molecule has 0 atom stereocenters. The van der Waals surface area contributed by atoms with Gasteiger partial charge in [-0.2, -0.15) is 5.10 Å². The number of esters is 1. The molecule has 146 valence electrons. The van der Waals surface area contributed by atoms with Crippen LogP contribution in [0.1, 0.15) is 35.4 Å². The fourth-order valence-electron chi connectivity index (χ4n) is 3.02. The van der Waals surface area contributed by atoms with Gasteiger partial charge in [0, 0.05) is 26.1 Å². The molecule has 1 aliphatic heterocycles. The van der Waals surface area contributed by atoms with Crippen molar-refractivity contribution in [1.29, 1.82) is 0 Å². The Morgan fingerprint density at radius 1 is 1.33 bits per heavy atom. The van der Waals surface area contributed by atoms with E-state index in [2.05, 4.69) is 14.6 Å². The molecular formula is C17H22N4O5S. The number of rotatable bonds is 7. The van der Waals surface area contributed by atoms with Crippen molar-refractivity contribution in [2.45, 2.75) is 43.7 Å². The Kier molecular flexibility index (Phi) is 5.76. The number of ether oxygens (including phenoxy) is 1. The van der Waals surface area contributed by atoms with Crippen LogP contribution in [0.2, 0.25) is 0 Å². The van der Waals surface area contributed by atoms with Gasteiger partial charge >= 0.3 is 11.7 Å². The molecule has 0 saturated heterocycles. The summed E-state index contributed by atoms with van der Waals surface area (Å²) in [4.78, 5) is 23.8. The minimum Gasteiger partial charge on any atom is -0.465 e. The molecule has 0 radical (unpaired) electrons. The number of aryl methyl sites for hydroxylation is 2. The highest BCUT2D eigenvalue weighted by Gasteiger charge is 2.18. The van der Waals surface area contributed by atoms with E-state index in [1.165, 1.54) is 36.1 Å². The Labute approximate surface area is 157 Å². The van der Waals surface area contributed by atoms with Gasteiger partial charge in [0.1, 0.15) is 5.82 Å².